The Balaban J connectivity index is 1.61. The molecule has 2 heteroatoms. The molecule has 2 nitrogen and oxygen atoms in total. The smallest absolute Gasteiger partial charge is 0.0589 e. The van der Waals surface area contributed by atoms with Crippen LogP contribution in [0.25, 0.3) is 0 Å². The van der Waals surface area contributed by atoms with Crippen molar-refractivity contribution in [3.63, 3.8) is 0 Å². The first-order valence-corrected chi connectivity index (χ1v) is 7.25. The largest absolute Gasteiger partial charge is 0.378 e. The highest BCUT2D eigenvalue weighted by atomic mass is 16.5. The molecule has 0 radical (unpaired) electrons. The van der Waals surface area contributed by atoms with Crippen LogP contribution in [-0.4, -0.2) is 18.8 Å². The minimum Gasteiger partial charge on any atom is -0.378 e. The Kier molecular flexibility index (Phi) is 5.69. The van der Waals surface area contributed by atoms with Gasteiger partial charge in [0.1, 0.15) is 0 Å². The fraction of sp³-hybridized carbons (Fsp3) is 0.625. The summed E-state index contributed by atoms with van der Waals surface area (Å²) in [5, 5.41) is 0. The summed E-state index contributed by atoms with van der Waals surface area (Å²) in [6, 6.07) is 11.0. The van der Waals surface area contributed by atoms with Crippen molar-refractivity contribution in [3.8, 4) is 0 Å². The third kappa shape index (κ3) is 4.79. The molecule has 18 heavy (non-hydrogen) atoms. The highest BCUT2D eigenvalue weighted by Crippen LogP contribution is 2.18. The van der Waals surface area contributed by atoms with E-state index < -0.39 is 0 Å². The van der Waals surface area contributed by atoms with Crippen LogP contribution in [0.3, 0.4) is 0 Å². The number of benzene rings is 1. The van der Waals surface area contributed by atoms with Crippen molar-refractivity contribution in [2.24, 2.45) is 5.73 Å². The predicted molar refractivity (Wildman–Crippen MR) is 75.6 cm³/mol. The molecule has 0 bridgehead atoms. The Morgan fingerprint density at radius 3 is 2.78 bits per heavy atom. The molecule has 1 fully saturated rings. The van der Waals surface area contributed by atoms with E-state index >= 15 is 0 Å². The first-order valence-electron chi connectivity index (χ1n) is 7.25. The molecule has 1 aromatic carbocycles. The van der Waals surface area contributed by atoms with E-state index in [1.807, 2.05) is 0 Å². The van der Waals surface area contributed by atoms with E-state index in [4.69, 9.17) is 10.5 Å². The molecular formula is C16H25NO. The second kappa shape index (κ2) is 7.55. The second-order valence-electron chi connectivity index (χ2n) is 5.36. The zero-order valence-electron chi connectivity index (χ0n) is 11.2. The molecule has 1 heterocycles. The van der Waals surface area contributed by atoms with E-state index in [0.29, 0.717) is 12.1 Å². The van der Waals surface area contributed by atoms with Crippen LogP contribution in [0.2, 0.25) is 0 Å². The van der Waals surface area contributed by atoms with Gasteiger partial charge in [-0.3, -0.25) is 0 Å². The molecule has 0 aromatic heterocycles. The van der Waals surface area contributed by atoms with Crippen molar-refractivity contribution in [1.82, 2.24) is 0 Å². The zero-order valence-corrected chi connectivity index (χ0v) is 11.2. The molecule has 2 rings (SSSR count). The third-order valence-corrected chi connectivity index (χ3v) is 3.72. The molecule has 0 amide bonds. The van der Waals surface area contributed by atoms with Gasteiger partial charge < -0.3 is 10.5 Å². The van der Waals surface area contributed by atoms with Crippen molar-refractivity contribution in [2.45, 2.75) is 57.1 Å². The van der Waals surface area contributed by atoms with Gasteiger partial charge in [0.2, 0.25) is 0 Å². The van der Waals surface area contributed by atoms with E-state index in [9.17, 15) is 0 Å². The van der Waals surface area contributed by atoms with Gasteiger partial charge in [0, 0.05) is 12.6 Å². The van der Waals surface area contributed by atoms with Gasteiger partial charge in [-0.15, -0.1) is 0 Å². The van der Waals surface area contributed by atoms with Crippen LogP contribution in [0, 0.1) is 0 Å². The number of nitrogens with two attached hydrogens (primary N) is 1. The lowest BCUT2D eigenvalue weighted by Crippen LogP contribution is -2.30. The van der Waals surface area contributed by atoms with Crippen LogP contribution < -0.4 is 5.73 Å². The van der Waals surface area contributed by atoms with Gasteiger partial charge in [0.15, 0.2) is 0 Å². The topological polar surface area (TPSA) is 35.2 Å². The molecule has 0 saturated carbocycles. The maximum Gasteiger partial charge on any atom is 0.0589 e. The summed E-state index contributed by atoms with van der Waals surface area (Å²) in [7, 11) is 0. The first-order chi connectivity index (χ1) is 8.84. The van der Waals surface area contributed by atoms with Gasteiger partial charge in [0.25, 0.3) is 0 Å². The highest BCUT2D eigenvalue weighted by molar-refractivity contribution is 5.14. The van der Waals surface area contributed by atoms with E-state index in [1.54, 1.807) is 0 Å². The lowest BCUT2D eigenvalue weighted by molar-refractivity contribution is 0.00694. The maximum absolute atomic E-state index is 6.19. The van der Waals surface area contributed by atoms with Crippen LogP contribution in [0.15, 0.2) is 30.3 Å². The molecule has 1 saturated heterocycles. The number of hydrogen-bond acceptors (Lipinski definition) is 2. The standard InChI is InChI=1S/C16H25NO/c17-15(13-16-11-4-5-12-18-16)10-6-9-14-7-2-1-3-8-14/h1-3,7-8,15-16H,4-6,9-13,17H2. The fourth-order valence-electron chi connectivity index (χ4n) is 2.66. The Morgan fingerprint density at radius 2 is 2.06 bits per heavy atom. The Hall–Kier alpha value is -0.860. The van der Waals surface area contributed by atoms with Gasteiger partial charge in [-0.2, -0.15) is 0 Å². The van der Waals surface area contributed by atoms with E-state index in [0.717, 1.165) is 25.9 Å². The van der Waals surface area contributed by atoms with Crippen molar-refractivity contribution >= 4 is 0 Å². The quantitative estimate of drug-likeness (QED) is 0.837. The number of aryl methyl sites for hydroxylation is 1. The summed E-state index contributed by atoms with van der Waals surface area (Å²) in [5.74, 6) is 0. The second-order valence-corrected chi connectivity index (χ2v) is 5.36. The molecule has 100 valence electrons. The van der Waals surface area contributed by atoms with Gasteiger partial charge in [-0.25, -0.2) is 0 Å². The molecule has 0 spiro atoms. The monoisotopic (exact) mass is 247 g/mol. The maximum atomic E-state index is 6.19. The summed E-state index contributed by atoms with van der Waals surface area (Å²) >= 11 is 0. The van der Waals surface area contributed by atoms with E-state index in [-0.39, 0.29) is 0 Å². The minimum absolute atomic E-state index is 0.303. The SMILES string of the molecule is NC(CCCc1ccccc1)CC1CCCCO1. The fourth-order valence-corrected chi connectivity index (χ4v) is 2.66. The van der Waals surface area contributed by atoms with Gasteiger partial charge in [-0.05, 0) is 50.5 Å². The molecule has 2 unspecified atom stereocenters. The predicted octanol–water partition coefficient (Wildman–Crippen LogP) is 3.30. The van der Waals surface area contributed by atoms with Gasteiger partial charge >= 0.3 is 0 Å². The summed E-state index contributed by atoms with van der Waals surface area (Å²) in [5.41, 5.74) is 7.60. The van der Waals surface area contributed by atoms with Crippen LogP contribution in [-0.2, 0) is 11.2 Å². The van der Waals surface area contributed by atoms with E-state index in [1.165, 1.54) is 31.2 Å². The number of hydrogen-bond donors (Lipinski definition) is 1. The lowest BCUT2D eigenvalue weighted by atomic mass is 9.98. The van der Waals surface area contributed by atoms with E-state index in [2.05, 4.69) is 30.3 Å². The van der Waals surface area contributed by atoms with Gasteiger partial charge in [0.05, 0.1) is 6.10 Å². The highest BCUT2D eigenvalue weighted by Gasteiger charge is 2.16. The summed E-state index contributed by atoms with van der Waals surface area (Å²) in [6.07, 6.45) is 8.61. The van der Waals surface area contributed by atoms with Crippen LogP contribution >= 0.6 is 0 Å². The molecule has 1 aliphatic heterocycles. The normalized spacial score (nSPS) is 21.7. The average molecular weight is 247 g/mol. The zero-order chi connectivity index (χ0) is 12.6. The molecule has 2 atom stereocenters. The lowest BCUT2D eigenvalue weighted by Gasteiger charge is -2.25. The number of rotatable bonds is 6. The average Bonchev–Trinajstić information content (AvgIpc) is 2.41. The third-order valence-electron chi connectivity index (χ3n) is 3.72. The summed E-state index contributed by atoms with van der Waals surface area (Å²) in [4.78, 5) is 0. The molecule has 1 aromatic rings. The van der Waals surface area contributed by atoms with Crippen LogP contribution in [0.1, 0.15) is 44.1 Å². The van der Waals surface area contributed by atoms with Gasteiger partial charge in [-0.1, -0.05) is 30.3 Å². The first kappa shape index (κ1) is 13.6. The molecule has 1 aliphatic rings. The Labute approximate surface area is 111 Å². The molecule has 0 aliphatic carbocycles. The number of ether oxygens (including phenoxy) is 1. The van der Waals surface area contributed by atoms with Crippen molar-refractivity contribution < 1.29 is 4.74 Å². The Bertz CT molecular complexity index is 319. The van der Waals surface area contributed by atoms with Crippen LogP contribution in [0.4, 0.5) is 0 Å². The summed E-state index contributed by atoms with van der Waals surface area (Å²) < 4.78 is 5.73. The van der Waals surface area contributed by atoms with Crippen molar-refractivity contribution in [3.05, 3.63) is 35.9 Å². The van der Waals surface area contributed by atoms with Crippen molar-refractivity contribution in [1.29, 1.82) is 0 Å². The van der Waals surface area contributed by atoms with Crippen LogP contribution in [0.5, 0.6) is 0 Å². The molecular weight excluding hydrogens is 222 g/mol. The summed E-state index contributed by atoms with van der Waals surface area (Å²) in [6.45, 7) is 0.932. The Morgan fingerprint density at radius 1 is 1.22 bits per heavy atom. The molecule has 2 N–H and O–H groups in total. The minimum atomic E-state index is 0.303. The van der Waals surface area contributed by atoms with Crippen molar-refractivity contribution in [2.75, 3.05) is 6.61 Å².